The average Bonchev–Trinajstić information content (AvgIpc) is 2.39. The molecule has 0 atom stereocenters. The van der Waals surface area contributed by atoms with Crippen molar-refractivity contribution >= 4 is 27.5 Å². The maximum Gasteiger partial charge on any atom is 0.268 e. The Balaban J connectivity index is 2.27. The van der Waals surface area contributed by atoms with Crippen molar-refractivity contribution in [3.05, 3.63) is 59.1 Å². The highest BCUT2D eigenvalue weighted by Crippen LogP contribution is 2.14. The van der Waals surface area contributed by atoms with Crippen LogP contribution in [0.1, 0.15) is 10.4 Å². The van der Waals surface area contributed by atoms with E-state index >= 15 is 0 Å². The zero-order valence-electron chi connectivity index (χ0n) is 9.88. The van der Waals surface area contributed by atoms with Crippen molar-refractivity contribution < 1.29 is 17.6 Å². The first-order chi connectivity index (χ1) is 9.40. The third kappa shape index (κ3) is 3.12. The number of amides is 1. The fourth-order valence-electron chi connectivity index (χ4n) is 1.41. The molecule has 20 heavy (non-hydrogen) atoms. The van der Waals surface area contributed by atoms with Crippen LogP contribution < -0.4 is 4.72 Å². The number of carbonyl (C=O) groups is 1. The molecule has 1 heterocycles. The number of pyridine rings is 1. The summed E-state index contributed by atoms with van der Waals surface area (Å²) in [4.78, 5) is 15.3. The number of hydrogen-bond acceptors (Lipinski definition) is 4. The van der Waals surface area contributed by atoms with Gasteiger partial charge in [0.1, 0.15) is 11.0 Å². The molecule has 5 nitrogen and oxygen atoms in total. The van der Waals surface area contributed by atoms with Crippen molar-refractivity contribution in [1.29, 1.82) is 0 Å². The van der Waals surface area contributed by atoms with Crippen LogP contribution in [0.15, 0.2) is 47.5 Å². The van der Waals surface area contributed by atoms with Gasteiger partial charge in [-0.15, -0.1) is 0 Å². The van der Waals surface area contributed by atoms with Crippen LogP contribution >= 0.6 is 11.6 Å². The van der Waals surface area contributed by atoms with E-state index in [1.54, 1.807) is 0 Å². The number of sulfonamides is 1. The van der Waals surface area contributed by atoms with Gasteiger partial charge in [-0.3, -0.25) is 4.79 Å². The molecule has 0 unspecified atom stereocenters. The van der Waals surface area contributed by atoms with Crippen molar-refractivity contribution in [3.63, 3.8) is 0 Å². The van der Waals surface area contributed by atoms with E-state index in [0.29, 0.717) is 0 Å². The summed E-state index contributed by atoms with van der Waals surface area (Å²) in [5.41, 5.74) is -0.0696. The summed E-state index contributed by atoms with van der Waals surface area (Å²) in [6.07, 6.45) is 1.37. The molecule has 0 saturated carbocycles. The molecule has 0 aliphatic heterocycles. The van der Waals surface area contributed by atoms with Crippen molar-refractivity contribution in [3.8, 4) is 0 Å². The minimum Gasteiger partial charge on any atom is -0.268 e. The van der Waals surface area contributed by atoms with Crippen LogP contribution in [0.4, 0.5) is 4.39 Å². The molecule has 1 amide bonds. The van der Waals surface area contributed by atoms with Crippen LogP contribution in [0.3, 0.4) is 0 Å². The Morgan fingerprint density at radius 1 is 1.20 bits per heavy atom. The summed E-state index contributed by atoms with van der Waals surface area (Å²) in [7, 11) is -4.09. The van der Waals surface area contributed by atoms with Gasteiger partial charge in [0.15, 0.2) is 0 Å². The zero-order valence-corrected chi connectivity index (χ0v) is 11.5. The molecule has 2 rings (SSSR count). The molecule has 1 aromatic heterocycles. The third-order valence-corrected chi connectivity index (χ3v) is 4.00. The third-order valence-electron chi connectivity index (χ3n) is 2.35. The second-order valence-electron chi connectivity index (χ2n) is 3.73. The predicted molar refractivity (Wildman–Crippen MR) is 70.3 cm³/mol. The van der Waals surface area contributed by atoms with Gasteiger partial charge in [-0.05, 0) is 36.4 Å². The molecule has 0 aliphatic carbocycles. The minimum absolute atomic E-state index is 0.0696. The van der Waals surface area contributed by atoms with Crippen molar-refractivity contribution in [2.45, 2.75) is 4.90 Å². The average molecular weight is 315 g/mol. The van der Waals surface area contributed by atoms with E-state index in [1.165, 1.54) is 18.3 Å². The van der Waals surface area contributed by atoms with E-state index in [9.17, 15) is 17.6 Å². The number of hydrogen-bond donors (Lipinski definition) is 1. The Labute approximate surface area is 119 Å². The number of halogens is 2. The fourth-order valence-corrected chi connectivity index (χ4v) is 2.58. The van der Waals surface area contributed by atoms with E-state index in [1.807, 2.05) is 4.72 Å². The summed E-state index contributed by atoms with van der Waals surface area (Å²) in [6.45, 7) is 0. The normalized spacial score (nSPS) is 11.1. The largest absolute Gasteiger partial charge is 0.268 e. The monoisotopic (exact) mass is 314 g/mol. The lowest BCUT2D eigenvalue weighted by molar-refractivity contribution is 0.0981. The number of aromatic nitrogens is 1. The van der Waals surface area contributed by atoms with Crippen LogP contribution in [0.5, 0.6) is 0 Å². The van der Waals surface area contributed by atoms with Crippen LogP contribution in [-0.2, 0) is 10.0 Å². The van der Waals surface area contributed by atoms with Crippen molar-refractivity contribution in [1.82, 2.24) is 9.71 Å². The van der Waals surface area contributed by atoms with Gasteiger partial charge >= 0.3 is 0 Å². The van der Waals surface area contributed by atoms with Crippen LogP contribution in [0.25, 0.3) is 0 Å². The summed E-state index contributed by atoms with van der Waals surface area (Å²) >= 11 is 5.70. The molecule has 1 N–H and O–H groups in total. The van der Waals surface area contributed by atoms with Crippen LogP contribution in [0.2, 0.25) is 5.15 Å². The number of benzene rings is 1. The molecule has 0 spiro atoms. The number of nitrogens with one attached hydrogen (secondary N) is 1. The Morgan fingerprint density at radius 2 is 1.85 bits per heavy atom. The van der Waals surface area contributed by atoms with Crippen molar-refractivity contribution in [2.75, 3.05) is 0 Å². The standard InChI is InChI=1S/C12H8ClFN2O3S/c13-11-10(2-1-7-15-11)12(17)16-20(18,19)9-5-3-8(14)4-6-9/h1-7H,(H,16,17). The summed E-state index contributed by atoms with van der Waals surface area (Å²) in [6, 6.07) is 6.86. The fraction of sp³-hybridized carbons (Fsp3) is 0. The topological polar surface area (TPSA) is 76.1 Å². The van der Waals surface area contributed by atoms with Crippen LogP contribution in [0, 0.1) is 5.82 Å². The van der Waals surface area contributed by atoms with E-state index < -0.39 is 21.7 Å². The quantitative estimate of drug-likeness (QED) is 0.879. The first kappa shape index (κ1) is 14.4. The molecular weight excluding hydrogens is 307 g/mol. The molecular formula is C12H8ClFN2O3S. The van der Waals surface area contributed by atoms with E-state index in [4.69, 9.17) is 11.6 Å². The smallest absolute Gasteiger partial charge is 0.268 e. The van der Waals surface area contributed by atoms with E-state index in [0.717, 1.165) is 24.3 Å². The van der Waals surface area contributed by atoms with Gasteiger partial charge in [0, 0.05) is 6.20 Å². The molecule has 0 saturated heterocycles. The molecule has 0 aliphatic rings. The molecule has 2 aromatic rings. The summed E-state index contributed by atoms with van der Waals surface area (Å²) in [5, 5.41) is -0.112. The van der Waals surface area contributed by atoms with Gasteiger partial charge < -0.3 is 0 Å². The first-order valence-electron chi connectivity index (χ1n) is 5.33. The molecule has 0 bridgehead atoms. The Hall–Kier alpha value is -1.99. The molecule has 8 heteroatoms. The highest BCUT2D eigenvalue weighted by molar-refractivity contribution is 7.90. The van der Waals surface area contributed by atoms with Gasteiger partial charge in [0.05, 0.1) is 10.5 Å². The summed E-state index contributed by atoms with van der Waals surface area (Å²) in [5.74, 6) is -1.49. The first-order valence-corrected chi connectivity index (χ1v) is 7.19. The predicted octanol–water partition coefficient (Wildman–Crippen LogP) is 1.99. The summed E-state index contributed by atoms with van der Waals surface area (Å²) < 4.78 is 38.4. The lowest BCUT2D eigenvalue weighted by Gasteiger charge is -2.07. The van der Waals surface area contributed by atoms with Gasteiger partial charge in [-0.2, -0.15) is 0 Å². The minimum atomic E-state index is -4.09. The maximum absolute atomic E-state index is 12.7. The highest BCUT2D eigenvalue weighted by Gasteiger charge is 2.20. The molecule has 0 fully saturated rings. The highest BCUT2D eigenvalue weighted by atomic mass is 35.5. The molecule has 104 valence electrons. The Morgan fingerprint density at radius 3 is 2.45 bits per heavy atom. The van der Waals surface area contributed by atoms with Crippen molar-refractivity contribution in [2.24, 2.45) is 0 Å². The van der Waals surface area contributed by atoms with E-state index in [-0.39, 0.29) is 15.6 Å². The Kier molecular flexibility index (Phi) is 4.01. The lowest BCUT2D eigenvalue weighted by Crippen LogP contribution is -2.30. The maximum atomic E-state index is 12.7. The van der Waals surface area contributed by atoms with E-state index in [2.05, 4.69) is 4.98 Å². The van der Waals surface area contributed by atoms with Gasteiger partial charge in [-0.1, -0.05) is 11.6 Å². The van der Waals surface area contributed by atoms with Crippen LogP contribution in [-0.4, -0.2) is 19.3 Å². The number of nitrogens with zero attached hydrogens (tertiary/aromatic N) is 1. The van der Waals surface area contributed by atoms with Gasteiger partial charge in [0.25, 0.3) is 15.9 Å². The lowest BCUT2D eigenvalue weighted by atomic mass is 10.3. The Bertz CT molecular complexity index is 748. The molecule has 0 radical (unpaired) electrons. The van der Waals surface area contributed by atoms with Gasteiger partial charge in [0.2, 0.25) is 0 Å². The second-order valence-corrected chi connectivity index (χ2v) is 5.77. The molecule has 1 aromatic carbocycles. The number of carbonyl (C=O) groups excluding carboxylic acids is 1. The SMILES string of the molecule is O=C(NS(=O)(=O)c1ccc(F)cc1)c1cccnc1Cl. The second kappa shape index (κ2) is 5.56. The number of rotatable bonds is 3. The zero-order chi connectivity index (χ0) is 14.8. The van der Waals surface area contributed by atoms with Gasteiger partial charge in [-0.25, -0.2) is 22.5 Å².